The van der Waals surface area contributed by atoms with E-state index < -0.39 is 5.54 Å². The second-order valence-electron chi connectivity index (χ2n) is 4.13. The summed E-state index contributed by atoms with van der Waals surface area (Å²) in [6, 6.07) is 9.56. The lowest BCUT2D eigenvalue weighted by Gasteiger charge is -2.29. The Morgan fingerprint density at radius 2 is 2.00 bits per heavy atom. The molecule has 1 atom stereocenters. The summed E-state index contributed by atoms with van der Waals surface area (Å²) in [7, 11) is 1.63. The van der Waals surface area contributed by atoms with E-state index in [-0.39, 0.29) is 5.97 Å². The molecule has 0 aliphatic carbocycles. The third-order valence-electron chi connectivity index (χ3n) is 2.82. The smallest absolute Gasteiger partial charge is 0.330 e. The highest BCUT2D eigenvalue weighted by atomic mass is 16.5. The van der Waals surface area contributed by atoms with E-state index in [4.69, 9.17) is 9.47 Å². The van der Waals surface area contributed by atoms with Crippen LogP contribution in [-0.4, -0.2) is 32.8 Å². The van der Waals surface area contributed by atoms with Crippen LogP contribution >= 0.6 is 0 Å². The molecule has 1 N–H and O–H groups in total. The minimum Gasteiger partial charge on any atom is -0.464 e. The van der Waals surface area contributed by atoms with E-state index in [0.29, 0.717) is 19.8 Å². The minimum atomic E-state index is -0.837. The second kappa shape index (κ2) is 7.13. The van der Waals surface area contributed by atoms with Crippen molar-refractivity contribution in [3.8, 4) is 0 Å². The number of carbonyl (C=O) groups excluding carboxylic acids is 1. The van der Waals surface area contributed by atoms with Gasteiger partial charge in [0.25, 0.3) is 0 Å². The van der Waals surface area contributed by atoms with Crippen molar-refractivity contribution in [2.75, 3.05) is 26.9 Å². The van der Waals surface area contributed by atoms with Crippen molar-refractivity contribution < 1.29 is 14.3 Å². The summed E-state index contributed by atoms with van der Waals surface area (Å²) in [5.74, 6) is -0.271. The van der Waals surface area contributed by atoms with Crippen LogP contribution < -0.4 is 5.32 Å². The van der Waals surface area contributed by atoms with Crippen molar-refractivity contribution in [2.45, 2.75) is 19.4 Å². The highest BCUT2D eigenvalue weighted by Crippen LogP contribution is 2.22. The van der Waals surface area contributed by atoms with E-state index in [1.54, 1.807) is 14.0 Å². The Balaban J connectivity index is 2.90. The number of hydrogen-bond acceptors (Lipinski definition) is 4. The van der Waals surface area contributed by atoms with Crippen LogP contribution in [0.2, 0.25) is 0 Å². The molecule has 0 amide bonds. The standard InChI is InChI=1S/C14H21NO3/c1-4-18-13(16)14(2,15-10-11-17-3)12-8-6-5-7-9-12/h5-9,15H,4,10-11H2,1-3H3. The summed E-state index contributed by atoms with van der Waals surface area (Å²) in [4.78, 5) is 12.1. The van der Waals surface area contributed by atoms with Gasteiger partial charge in [0.2, 0.25) is 0 Å². The molecule has 1 rings (SSSR count). The molecule has 1 aromatic carbocycles. The molecule has 0 bridgehead atoms. The molecule has 4 heteroatoms. The largest absolute Gasteiger partial charge is 0.464 e. The molecule has 0 spiro atoms. The molecule has 0 saturated heterocycles. The first-order chi connectivity index (χ1) is 8.65. The van der Waals surface area contributed by atoms with Crippen LogP contribution in [0.5, 0.6) is 0 Å². The third-order valence-corrected chi connectivity index (χ3v) is 2.82. The molecule has 0 aliphatic heterocycles. The fourth-order valence-corrected chi connectivity index (χ4v) is 1.74. The van der Waals surface area contributed by atoms with Gasteiger partial charge in [-0.05, 0) is 19.4 Å². The highest BCUT2D eigenvalue weighted by Gasteiger charge is 2.35. The average molecular weight is 251 g/mol. The van der Waals surface area contributed by atoms with E-state index in [0.717, 1.165) is 5.56 Å². The first-order valence-corrected chi connectivity index (χ1v) is 6.12. The zero-order chi connectivity index (χ0) is 13.4. The summed E-state index contributed by atoms with van der Waals surface area (Å²) in [6.45, 7) is 5.13. The van der Waals surface area contributed by atoms with Gasteiger partial charge in [0, 0.05) is 13.7 Å². The van der Waals surface area contributed by atoms with Gasteiger partial charge in [0.05, 0.1) is 13.2 Å². The van der Waals surface area contributed by atoms with Crippen molar-refractivity contribution in [2.24, 2.45) is 0 Å². The van der Waals surface area contributed by atoms with Gasteiger partial charge in [-0.15, -0.1) is 0 Å². The first-order valence-electron chi connectivity index (χ1n) is 6.12. The fourth-order valence-electron chi connectivity index (χ4n) is 1.74. The number of carbonyl (C=O) groups is 1. The monoisotopic (exact) mass is 251 g/mol. The molecule has 18 heavy (non-hydrogen) atoms. The third kappa shape index (κ3) is 3.55. The van der Waals surface area contributed by atoms with Crippen LogP contribution in [0.15, 0.2) is 30.3 Å². The van der Waals surface area contributed by atoms with Gasteiger partial charge in [0.15, 0.2) is 0 Å². The van der Waals surface area contributed by atoms with Gasteiger partial charge in [-0.3, -0.25) is 5.32 Å². The summed E-state index contributed by atoms with van der Waals surface area (Å²) in [5.41, 5.74) is 0.0510. The van der Waals surface area contributed by atoms with Crippen LogP contribution in [0, 0.1) is 0 Å². The van der Waals surface area contributed by atoms with Crippen molar-refractivity contribution >= 4 is 5.97 Å². The summed E-state index contributed by atoms with van der Waals surface area (Å²) in [5, 5.41) is 3.20. The van der Waals surface area contributed by atoms with Crippen LogP contribution in [0.3, 0.4) is 0 Å². The maximum atomic E-state index is 12.1. The first kappa shape index (κ1) is 14.7. The predicted molar refractivity (Wildman–Crippen MR) is 70.3 cm³/mol. The number of nitrogens with one attached hydrogen (secondary N) is 1. The van der Waals surface area contributed by atoms with Crippen molar-refractivity contribution in [3.05, 3.63) is 35.9 Å². The number of hydrogen-bond donors (Lipinski definition) is 1. The summed E-state index contributed by atoms with van der Waals surface area (Å²) < 4.78 is 10.1. The highest BCUT2D eigenvalue weighted by molar-refractivity contribution is 5.82. The summed E-state index contributed by atoms with van der Waals surface area (Å²) in [6.07, 6.45) is 0. The molecule has 1 aromatic rings. The Morgan fingerprint density at radius 3 is 2.56 bits per heavy atom. The van der Waals surface area contributed by atoms with Crippen LogP contribution in [-0.2, 0) is 19.8 Å². The van der Waals surface area contributed by atoms with Crippen LogP contribution in [0.25, 0.3) is 0 Å². The fraction of sp³-hybridized carbons (Fsp3) is 0.500. The molecule has 1 unspecified atom stereocenters. The predicted octanol–water partition coefficient (Wildman–Crippen LogP) is 1.70. The van der Waals surface area contributed by atoms with Crippen LogP contribution in [0.4, 0.5) is 0 Å². The van der Waals surface area contributed by atoms with Gasteiger partial charge in [0.1, 0.15) is 5.54 Å². The Hall–Kier alpha value is -1.39. The van der Waals surface area contributed by atoms with Crippen molar-refractivity contribution in [1.82, 2.24) is 5.32 Å². The molecular formula is C14H21NO3. The zero-order valence-corrected chi connectivity index (χ0v) is 11.2. The minimum absolute atomic E-state index is 0.271. The SMILES string of the molecule is CCOC(=O)C(C)(NCCOC)c1ccccc1. The number of rotatable bonds is 7. The number of methoxy groups -OCH3 is 1. The van der Waals surface area contributed by atoms with Crippen molar-refractivity contribution in [1.29, 1.82) is 0 Å². The maximum absolute atomic E-state index is 12.1. The van der Waals surface area contributed by atoms with Crippen molar-refractivity contribution in [3.63, 3.8) is 0 Å². The second-order valence-corrected chi connectivity index (χ2v) is 4.13. The van der Waals surface area contributed by atoms with Gasteiger partial charge in [-0.1, -0.05) is 30.3 Å². The molecule has 0 saturated carbocycles. The topological polar surface area (TPSA) is 47.6 Å². The molecule has 4 nitrogen and oxygen atoms in total. The number of esters is 1. The quantitative estimate of drug-likeness (QED) is 0.592. The zero-order valence-electron chi connectivity index (χ0n) is 11.2. The van der Waals surface area contributed by atoms with E-state index in [9.17, 15) is 4.79 Å². The maximum Gasteiger partial charge on any atom is 0.330 e. The lowest BCUT2D eigenvalue weighted by atomic mass is 9.92. The van der Waals surface area contributed by atoms with E-state index in [1.165, 1.54) is 0 Å². The summed E-state index contributed by atoms with van der Waals surface area (Å²) >= 11 is 0. The molecule has 0 heterocycles. The Labute approximate surface area is 108 Å². The lowest BCUT2D eigenvalue weighted by Crippen LogP contribution is -2.48. The number of benzene rings is 1. The molecule has 0 fully saturated rings. The van der Waals surface area contributed by atoms with E-state index in [1.807, 2.05) is 37.3 Å². The molecule has 0 aliphatic rings. The molecule has 0 radical (unpaired) electrons. The van der Waals surface area contributed by atoms with Crippen LogP contribution in [0.1, 0.15) is 19.4 Å². The van der Waals surface area contributed by atoms with Gasteiger partial charge in [-0.25, -0.2) is 4.79 Å². The molecular weight excluding hydrogens is 230 g/mol. The normalized spacial score (nSPS) is 13.9. The average Bonchev–Trinajstić information content (AvgIpc) is 2.40. The van der Waals surface area contributed by atoms with Gasteiger partial charge in [-0.2, -0.15) is 0 Å². The Bertz CT molecular complexity index is 367. The Morgan fingerprint density at radius 1 is 1.33 bits per heavy atom. The van der Waals surface area contributed by atoms with Gasteiger partial charge >= 0.3 is 5.97 Å². The molecule has 0 aromatic heterocycles. The molecule has 100 valence electrons. The van der Waals surface area contributed by atoms with E-state index >= 15 is 0 Å². The van der Waals surface area contributed by atoms with Gasteiger partial charge < -0.3 is 9.47 Å². The van der Waals surface area contributed by atoms with E-state index in [2.05, 4.69) is 5.32 Å². The lowest BCUT2D eigenvalue weighted by molar-refractivity contribution is -0.151. The Kier molecular flexibility index (Phi) is 5.82. The number of ether oxygens (including phenoxy) is 2.